The highest BCUT2D eigenvalue weighted by Gasteiger charge is 2.19. The van der Waals surface area contributed by atoms with Crippen molar-refractivity contribution in [1.82, 2.24) is 0 Å². The van der Waals surface area contributed by atoms with Crippen molar-refractivity contribution >= 4 is 37.8 Å². The monoisotopic (exact) mass is 240 g/mol. The van der Waals surface area contributed by atoms with E-state index in [4.69, 9.17) is 0 Å². The third-order valence-electron chi connectivity index (χ3n) is 0.747. The maximum Gasteiger partial charge on any atom is 0.346 e. The van der Waals surface area contributed by atoms with E-state index in [-0.39, 0.29) is 5.97 Å². The van der Waals surface area contributed by atoms with Gasteiger partial charge >= 0.3 is 5.97 Å². The Labute approximate surface area is 63.1 Å². The van der Waals surface area contributed by atoms with Crippen LogP contribution in [0.4, 0.5) is 0 Å². The summed E-state index contributed by atoms with van der Waals surface area (Å²) in [5, 5.41) is 0. The summed E-state index contributed by atoms with van der Waals surface area (Å²) in [6.07, 6.45) is 0. The highest BCUT2D eigenvalue weighted by atomic mass is 79.9. The summed E-state index contributed by atoms with van der Waals surface area (Å²) in [5.74, 6) is -0.295. The van der Waals surface area contributed by atoms with Crippen LogP contribution in [0.3, 0.4) is 0 Å². The number of halogens is 2. The van der Waals surface area contributed by atoms with Gasteiger partial charge in [-0.05, 0) is 15.9 Å². The summed E-state index contributed by atoms with van der Waals surface area (Å²) in [7, 11) is 0. The van der Waals surface area contributed by atoms with Crippen LogP contribution in [0, 0.1) is 0 Å². The third kappa shape index (κ3) is 0.951. The van der Waals surface area contributed by atoms with Gasteiger partial charge in [-0.2, -0.15) is 0 Å². The number of rotatable bonds is 0. The van der Waals surface area contributed by atoms with E-state index >= 15 is 0 Å². The highest BCUT2D eigenvalue weighted by molar-refractivity contribution is 9.14. The van der Waals surface area contributed by atoms with Crippen molar-refractivity contribution in [2.24, 2.45) is 0 Å². The molecule has 0 aromatic rings. The average Bonchev–Trinajstić information content (AvgIpc) is 1.98. The van der Waals surface area contributed by atoms with E-state index in [1.165, 1.54) is 0 Å². The topological polar surface area (TPSA) is 26.3 Å². The number of hydrogen-bond donors (Lipinski definition) is 0. The van der Waals surface area contributed by atoms with Crippen molar-refractivity contribution in [2.45, 2.75) is 0 Å². The van der Waals surface area contributed by atoms with Crippen molar-refractivity contribution in [3.05, 3.63) is 8.96 Å². The summed E-state index contributed by atoms with van der Waals surface area (Å²) < 4.78 is 5.85. The summed E-state index contributed by atoms with van der Waals surface area (Å²) in [5.41, 5.74) is 0. The van der Waals surface area contributed by atoms with Crippen LogP contribution in [0.2, 0.25) is 0 Å². The van der Waals surface area contributed by atoms with Crippen molar-refractivity contribution in [1.29, 1.82) is 0 Å². The Bertz CT molecular complexity index is 161. The third-order valence-corrected chi connectivity index (χ3v) is 2.71. The maximum absolute atomic E-state index is 10.4. The van der Waals surface area contributed by atoms with Crippen molar-refractivity contribution in [2.75, 3.05) is 6.61 Å². The lowest BCUT2D eigenvalue weighted by atomic mass is 10.6. The quantitative estimate of drug-likeness (QED) is 0.602. The zero-order valence-electron chi connectivity index (χ0n) is 3.78. The molecule has 0 amide bonds. The summed E-state index contributed by atoms with van der Waals surface area (Å²) in [6.45, 7) is 0.361. The Hall–Kier alpha value is 0.170. The second-order valence-corrected chi connectivity index (χ2v) is 3.05. The molecule has 0 bridgehead atoms. The van der Waals surface area contributed by atoms with Crippen molar-refractivity contribution in [3.8, 4) is 0 Å². The molecule has 0 aromatic carbocycles. The molecule has 44 valence electrons. The first-order chi connectivity index (χ1) is 3.72. The van der Waals surface area contributed by atoms with Crippen molar-refractivity contribution < 1.29 is 9.53 Å². The van der Waals surface area contributed by atoms with Crippen LogP contribution in [0.1, 0.15) is 0 Å². The fourth-order valence-corrected chi connectivity index (χ4v) is 0.872. The minimum atomic E-state index is -0.295. The molecule has 0 aromatic heterocycles. The van der Waals surface area contributed by atoms with Gasteiger partial charge in [-0.1, -0.05) is 15.9 Å². The zero-order valence-corrected chi connectivity index (χ0v) is 6.95. The van der Waals surface area contributed by atoms with Gasteiger partial charge in [0.2, 0.25) is 0 Å². The van der Waals surface area contributed by atoms with E-state index in [2.05, 4.69) is 36.6 Å². The Morgan fingerprint density at radius 2 is 2.12 bits per heavy atom. The second kappa shape index (κ2) is 2.19. The van der Waals surface area contributed by atoms with Crippen LogP contribution >= 0.6 is 31.9 Å². The first-order valence-corrected chi connectivity index (χ1v) is 3.51. The van der Waals surface area contributed by atoms with Crippen LogP contribution in [-0.2, 0) is 9.53 Å². The molecule has 0 unspecified atom stereocenters. The Morgan fingerprint density at radius 3 is 2.25 bits per heavy atom. The number of carbonyl (C=O) groups is 1. The van der Waals surface area contributed by atoms with Gasteiger partial charge in [0.1, 0.15) is 11.1 Å². The summed E-state index contributed by atoms with van der Waals surface area (Å²) in [6, 6.07) is 0. The summed E-state index contributed by atoms with van der Waals surface area (Å²) in [4.78, 5) is 10.4. The molecule has 1 heterocycles. The molecule has 1 rings (SSSR count). The molecule has 0 saturated heterocycles. The standard InChI is InChI=1S/C4H2Br2O2/c5-2-1-8-4(7)3(2)6/h1H2. The van der Waals surface area contributed by atoms with Crippen LogP contribution in [-0.4, -0.2) is 12.6 Å². The Morgan fingerprint density at radius 1 is 1.50 bits per heavy atom. The van der Waals surface area contributed by atoms with Crippen LogP contribution in [0.15, 0.2) is 8.96 Å². The van der Waals surface area contributed by atoms with E-state index in [1.807, 2.05) is 0 Å². The van der Waals surface area contributed by atoms with Gasteiger partial charge in [-0.15, -0.1) is 0 Å². The molecular formula is C4H2Br2O2. The second-order valence-electron chi connectivity index (χ2n) is 1.30. The van der Waals surface area contributed by atoms with Gasteiger partial charge < -0.3 is 4.74 Å². The van der Waals surface area contributed by atoms with Gasteiger partial charge in [0.15, 0.2) is 0 Å². The molecule has 0 spiro atoms. The number of carbonyl (C=O) groups excluding carboxylic acids is 1. The van der Waals surface area contributed by atoms with E-state index in [0.717, 1.165) is 4.48 Å². The zero-order chi connectivity index (χ0) is 6.15. The van der Waals surface area contributed by atoms with E-state index < -0.39 is 0 Å². The number of ether oxygens (including phenoxy) is 1. The smallest absolute Gasteiger partial charge is 0.346 e. The fraction of sp³-hybridized carbons (Fsp3) is 0.250. The van der Waals surface area contributed by atoms with Gasteiger partial charge in [-0.25, -0.2) is 4.79 Å². The molecule has 0 radical (unpaired) electrons. The SMILES string of the molecule is O=C1OCC(Br)=C1Br. The number of esters is 1. The molecule has 4 heteroatoms. The molecule has 1 aliphatic heterocycles. The van der Waals surface area contributed by atoms with Crippen LogP contribution in [0.5, 0.6) is 0 Å². The van der Waals surface area contributed by atoms with Crippen molar-refractivity contribution in [3.63, 3.8) is 0 Å². The van der Waals surface area contributed by atoms with Gasteiger partial charge in [0, 0.05) is 0 Å². The van der Waals surface area contributed by atoms with E-state index in [1.54, 1.807) is 0 Å². The highest BCUT2D eigenvalue weighted by Crippen LogP contribution is 2.25. The van der Waals surface area contributed by atoms with Gasteiger partial charge in [-0.3, -0.25) is 0 Å². The predicted molar refractivity (Wildman–Crippen MR) is 35.8 cm³/mol. The van der Waals surface area contributed by atoms with Gasteiger partial charge in [0.05, 0.1) is 4.48 Å². The predicted octanol–water partition coefficient (Wildman–Crippen LogP) is 1.54. The average molecular weight is 242 g/mol. The van der Waals surface area contributed by atoms with Crippen LogP contribution in [0.25, 0.3) is 0 Å². The molecule has 8 heavy (non-hydrogen) atoms. The molecular weight excluding hydrogens is 240 g/mol. The molecule has 0 N–H and O–H groups in total. The normalized spacial score (nSPS) is 19.5. The fourth-order valence-electron chi connectivity index (χ4n) is 0.366. The largest absolute Gasteiger partial charge is 0.456 e. The molecule has 1 aliphatic rings. The minimum absolute atomic E-state index is 0.295. The molecule has 0 fully saturated rings. The molecule has 0 atom stereocenters. The van der Waals surface area contributed by atoms with Crippen LogP contribution < -0.4 is 0 Å². The first kappa shape index (κ1) is 6.29. The number of hydrogen-bond acceptors (Lipinski definition) is 2. The number of cyclic esters (lactones) is 1. The molecule has 0 saturated carbocycles. The molecule has 2 nitrogen and oxygen atoms in total. The summed E-state index contributed by atoms with van der Waals surface area (Å²) >= 11 is 6.16. The minimum Gasteiger partial charge on any atom is -0.456 e. The molecule has 0 aliphatic carbocycles. The van der Waals surface area contributed by atoms with Gasteiger partial charge in [0.25, 0.3) is 0 Å². The Kier molecular flexibility index (Phi) is 1.72. The lowest BCUT2D eigenvalue weighted by molar-refractivity contribution is -0.135. The Balaban J connectivity index is 2.86. The lowest BCUT2D eigenvalue weighted by Gasteiger charge is -1.84. The maximum atomic E-state index is 10.4. The van der Waals surface area contributed by atoms with E-state index in [9.17, 15) is 4.79 Å². The lowest BCUT2D eigenvalue weighted by Crippen LogP contribution is -1.93. The van der Waals surface area contributed by atoms with E-state index in [0.29, 0.717) is 11.1 Å². The first-order valence-electron chi connectivity index (χ1n) is 1.93.